The van der Waals surface area contributed by atoms with Crippen LogP contribution in [0.25, 0.3) is 0 Å². The number of hydrogen-bond donors (Lipinski definition) is 1. The Morgan fingerprint density at radius 3 is 2.83 bits per heavy atom. The largest absolute Gasteiger partial charge is 0.493 e. The standard InChI is InChI=1S/C15H21NO2/c1-3-11(4-2)15(17)16-9-12-10-18-14-8-6-5-7-13(12)14/h5-8,11-12H,3-4,9-10H2,1-2H3,(H,16,17). The summed E-state index contributed by atoms with van der Waals surface area (Å²) in [4.78, 5) is 11.9. The second-order valence-electron chi connectivity index (χ2n) is 4.80. The molecule has 0 saturated carbocycles. The van der Waals surface area contributed by atoms with E-state index in [-0.39, 0.29) is 11.8 Å². The molecule has 1 aromatic carbocycles. The highest BCUT2D eigenvalue weighted by Gasteiger charge is 2.24. The van der Waals surface area contributed by atoms with Crippen LogP contribution in [0.5, 0.6) is 5.75 Å². The van der Waals surface area contributed by atoms with E-state index < -0.39 is 0 Å². The number of amides is 1. The van der Waals surface area contributed by atoms with Gasteiger partial charge in [0.15, 0.2) is 0 Å². The van der Waals surface area contributed by atoms with E-state index in [9.17, 15) is 4.79 Å². The number of nitrogens with one attached hydrogen (secondary N) is 1. The van der Waals surface area contributed by atoms with Gasteiger partial charge in [-0.25, -0.2) is 0 Å². The van der Waals surface area contributed by atoms with Gasteiger partial charge in [0.05, 0.1) is 6.61 Å². The van der Waals surface area contributed by atoms with Gasteiger partial charge in [0.1, 0.15) is 5.75 Å². The summed E-state index contributed by atoms with van der Waals surface area (Å²) in [6.45, 7) is 5.46. The summed E-state index contributed by atoms with van der Waals surface area (Å²) in [7, 11) is 0. The molecule has 0 radical (unpaired) electrons. The summed E-state index contributed by atoms with van der Waals surface area (Å²) < 4.78 is 5.61. The van der Waals surface area contributed by atoms with Gasteiger partial charge in [-0.1, -0.05) is 32.0 Å². The lowest BCUT2D eigenvalue weighted by Crippen LogP contribution is -2.33. The average Bonchev–Trinajstić information content (AvgIpc) is 2.81. The van der Waals surface area contributed by atoms with Gasteiger partial charge >= 0.3 is 0 Å². The summed E-state index contributed by atoms with van der Waals surface area (Å²) in [6, 6.07) is 8.06. The number of fused-ring (bicyclic) bond motifs is 1. The topological polar surface area (TPSA) is 38.3 Å². The maximum absolute atomic E-state index is 11.9. The fourth-order valence-electron chi connectivity index (χ4n) is 2.43. The maximum atomic E-state index is 11.9. The first-order valence-electron chi connectivity index (χ1n) is 6.75. The fourth-order valence-corrected chi connectivity index (χ4v) is 2.43. The molecule has 1 aliphatic heterocycles. The van der Waals surface area contributed by atoms with Gasteiger partial charge in [-0.2, -0.15) is 0 Å². The minimum absolute atomic E-state index is 0.141. The van der Waals surface area contributed by atoms with E-state index in [1.54, 1.807) is 0 Å². The minimum Gasteiger partial charge on any atom is -0.493 e. The van der Waals surface area contributed by atoms with Crippen molar-refractivity contribution in [3.63, 3.8) is 0 Å². The van der Waals surface area contributed by atoms with Crippen LogP contribution in [-0.2, 0) is 4.79 Å². The summed E-state index contributed by atoms with van der Waals surface area (Å²) in [5.74, 6) is 1.56. The van der Waals surface area contributed by atoms with Crippen molar-refractivity contribution in [3.05, 3.63) is 29.8 Å². The molecule has 1 N–H and O–H groups in total. The third-order valence-electron chi connectivity index (χ3n) is 3.68. The Bertz CT molecular complexity index is 413. The number of para-hydroxylation sites is 1. The Kier molecular flexibility index (Phi) is 4.24. The molecule has 1 amide bonds. The molecule has 1 aliphatic rings. The van der Waals surface area contributed by atoms with E-state index in [0.717, 1.165) is 18.6 Å². The molecule has 1 heterocycles. The molecule has 1 unspecified atom stereocenters. The molecule has 2 rings (SSSR count). The van der Waals surface area contributed by atoms with E-state index in [1.165, 1.54) is 5.56 Å². The molecule has 1 atom stereocenters. The van der Waals surface area contributed by atoms with Gasteiger partial charge < -0.3 is 10.1 Å². The number of carbonyl (C=O) groups excluding carboxylic acids is 1. The van der Waals surface area contributed by atoms with Gasteiger partial charge in [0.25, 0.3) is 0 Å². The van der Waals surface area contributed by atoms with E-state index in [2.05, 4.69) is 25.2 Å². The van der Waals surface area contributed by atoms with Crippen molar-refractivity contribution in [2.45, 2.75) is 32.6 Å². The monoisotopic (exact) mass is 247 g/mol. The first kappa shape index (κ1) is 12.9. The highest BCUT2D eigenvalue weighted by molar-refractivity contribution is 5.78. The van der Waals surface area contributed by atoms with Crippen LogP contribution in [0.4, 0.5) is 0 Å². The van der Waals surface area contributed by atoms with Gasteiger partial charge in [-0.3, -0.25) is 4.79 Å². The quantitative estimate of drug-likeness (QED) is 0.868. The molecular weight excluding hydrogens is 226 g/mol. The molecule has 18 heavy (non-hydrogen) atoms. The van der Waals surface area contributed by atoms with E-state index in [0.29, 0.717) is 19.1 Å². The van der Waals surface area contributed by atoms with Gasteiger partial charge in [-0.15, -0.1) is 0 Å². The van der Waals surface area contributed by atoms with Crippen LogP contribution < -0.4 is 10.1 Å². The van der Waals surface area contributed by atoms with Crippen LogP contribution in [0.2, 0.25) is 0 Å². The van der Waals surface area contributed by atoms with Crippen LogP contribution in [0.15, 0.2) is 24.3 Å². The van der Waals surface area contributed by atoms with Crippen molar-refractivity contribution < 1.29 is 9.53 Å². The predicted octanol–water partition coefficient (Wildman–Crippen LogP) is 2.72. The van der Waals surface area contributed by atoms with Crippen molar-refractivity contribution >= 4 is 5.91 Å². The molecule has 0 aliphatic carbocycles. The molecule has 0 aromatic heterocycles. The van der Waals surface area contributed by atoms with Gasteiger partial charge in [0.2, 0.25) is 5.91 Å². The summed E-state index contributed by atoms with van der Waals surface area (Å²) >= 11 is 0. The van der Waals surface area contributed by atoms with Gasteiger partial charge in [-0.05, 0) is 18.9 Å². The molecule has 1 aromatic rings. The van der Waals surface area contributed by atoms with Crippen molar-refractivity contribution in [2.75, 3.05) is 13.2 Å². The second kappa shape index (κ2) is 5.89. The minimum atomic E-state index is 0.141. The summed E-state index contributed by atoms with van der Waals surface area (Å²) in [5.41, 5.74) is 1.21. The normalized spacial score (nSPS) is 17.4. The predicted molar refractivity (Wildman–Crippen MR) is 71.8 cm³/mol. The Labute approximate surface area is 109 Å². The van der Waals surface area contributed by atoms with Crippen molar-refractivity contribution in [2.24, 2.45) is 5.92 Å². The van der Waals surface area contributed by atoms with Crippen molar-refractivity contribution in [1.29, 1.82) is 0 Å². The first-order valence-corrected chi connectivity index (χ1v) is 6.75. The third-order valence-corrected chi connectivity index (χ3v) is 3.68. The molecule has 3 nitrogen and oxygen atoms in total. The van der Waals surface area contributed by atoms with Crippen molar-refractivity contribution in [3.8, 4) is 5.75 Å². The van der Waals surface area contributed by atoms with Crippen LogP contribution >= 0.6 is 0 Å². The number of carbonyl (C=O) groups is 1. The molecule has 0 spiro atoms. The SMILES string of the molecule is CCC(CC)C(=O)NCC1COc2ccccc21. The number of rotatable bonds is 5. The Morgan fingerprint density at radius 1 is 1.39 bits per heavy atom. The smallest absolute Gasteiger partial charge is 0.223 e. The molecule has 0 bridgehead atoms. The lowest BCUT2D eigenvalue weighted by atomic mass is 9.99. The molecule has 0 fully saturated rings. The number of benzene rings is 1. The maximum Gasteiger partial charge on any atom is 0.223 e. The Hall–Kier alpha value is -1.51. The van der Waals surface area contributed by atoms with Crippen LogP contribution in [0, 0.1) is 5.92 Å². The van der Waals surface area contributed by atoms with Crippen LogP contribution in [-0.4, -0.2) is 19.1 Å². The molecule has 98 valence electrons. The Balaban J connectivity index is 1.91. The second-order valence-corrected chi connectivity index (χ2v) is 4.80. The zero-order valence-electron chi connectivity index (χ0n) is 11.1. The van der Waals surface area contributed by atoms with Crippen molar-refractivity contribution in [1.82, 2.24) is 5.32 Å². The van der Waals surface area contributed by atoms with E-state index >= 15 is 0 Å². The van der Waals surface area contributed by atoms with E-state index in [4.69, 9.17) is 4.74 Å². The lowest BCUT2D eigenvalue weighted by Gasteiger charge is -2.15. The molecular formula is C15H21NO2. The van der Waals surface area contributed by atoms with Crippen LogP contribution in [0.1, 0.15) is 38.2 Å². The van der Waals surface area contributed by atoms with Crippen LogP contribution in [0.3, 0.4) is 0 Å². The average molecular weight is 247 g/mol. The highest BCUT2D eigenvalue weighted by Crippen LogP contribution is 2.32. The zero-order valence-corrected chi connectivity index (χ0v) is 11.1. The first-order chi connectivity index (χ1) is 8.76. The van der Waals surface area contributed by atoms with Gasteiger partial charge in [0, 0.05) is 23.9 Å². The lowest BCUT2D eigenvalue weighted by molar-refractivity contribution is -0.125. The Morgan fingerprint density at radius 2 is 2.11 bits per heavy atom. The number of hydrogen-bond acceptors (Lipinski definition) is 2. The number of ether oxygens (including phenoxy) is 1. The molecule has 0 saturated heterocycles. The fraction of sp³-hybridized carbons (Fsp3) is 0.533. The summed E-state index contributed by atoms with van der Waals surface area (Å²) in [5, 5.41) is 3.05. The summed E-state index contributed by atoms with van der Waals surface area (Å²) in [6.07, 6.45) is 1.81. The third kappa shape index (κ3) is 2.66. The highest BCUT2D eigenvalue weighted by atomic mass is 16.5. The molecule has 3 heteroatoms. The zero-order chi connectivity index (χ0) is 13.0. The van der Waals surface area contributed by atoms with E-state index in [1.807, 2.05) is 18.2 Å².